The third-order valence-electron chi connectivity index (χ3n) is 1.21. The van der Waals surface area contributed by atoms with E-state index in [4.69, 9.17) is 9.47 Å². The van der Waals surface area contributed by atoms with E-state index in [9.17, 15) is 0 Å². The first kappa shape index (κ1) is 11.0. The summed E-state index contributed by atoms with van der Waals surface area (Å²) in [5.41, 5.74) is 0.571. The molecule has 4 nitrogen and oxygen atoms in total. The van der Waals surface area contributed by atoms with E-state index >= 15 is 0 Å². The van der Waals surface area contributed by atoms with Crippen LogP contribution in [-0.4, -0.2) is 33.1 Å². The van der Waals surface area contributed by atoms with Gasteiger partial charge in [-0.2, -0.15) is 0 Å². The first-order valence-corrected chi connectivity index (χ1v) is 3.67. The average molecular weight is 173 g/mol. The number of hydrogen-bond acceptors (Lipinski definition) is 4. The summed E-state index contributed by atoms with van der Waals surface area (Å²) in [7, 11) is 2.99. The number of nitrogens with zero attached hydrogens (tertiary/aromatic N) is 1. The summed E-state index contributed by atoms with van der Waals surface area (Å²) in [6, 6.07) is 0. The molecule has 0 N–H and O–H groups in total. The van der Waals surface area contributed by atoms with Crippen LogP contribution in [-0.2, 0) is 14.3 Å². The van der Waals surface area contributed by atoms with Crippen molar-refractivity contribution in [1.29, 1.82) is 0 Å². The summed E-state index contributed by atoms with van der Waals surface area (Å²) < 4.78 is 10.00. The Morgan fingerprint density at radius 1 is 1.42 bits per heavy atom. The van der Waals surface area contributed by atoms with Gasteiger partial charge in [0.25, 0.3) is 0 Å². The molecule has 0 radical (unpaired) electrons. The van der Waals surface area contributed by atoms with Crippen LogP contribution in [0.4, 0.5) is 0 Å². The second kappa shape index (κ2) is 6.67. The molecule has 0 bridgehead atoms. The molecule has 0 rings (SSSR count). The van der Waals surface area contributed by atoms with Crippen molar-refractivity contribution in [2.45, 2.75) is 6.92 Å². The summed E-state index contributed by atoms with van der Waals surface area (Å²) >= 11 is 0. The molecule has 0 saturated heterocycles. The van der Waals surface area contributed by atoms with E-state index in [1.807, 2.05) is 6.92 Å². The van der Waals surface area contributed by atoms with Gasteiger partial charge in [-0.25, -0.2) is 0 Å². The van der Waals surface area contributed by atoms with Crippen molar-refractivity contribution in [2.24, 2.45) is 5.16 Å². The molecule has 0 aliphatic rings. The lowest BCUT2D eigenvalue weighted by Gasteiger charge is -2.06. The van der Waals surface area contributed by atoms with Gasteiger partial charge in [-0.05, 0) is 6.92 Å². The molecule has 0 heterocycles. The second-order valence-corrected chi connectivity index (χ2v) is 1.98. The molecule has 4 heteroatoms. The Morgan fingerprint density at radius 3 is 2.50 bits per heavy atom. The van der Waals surface area contributed by atoms with Crippen molar-refractivity contribution in [3.63, 3.8) is 0 Å². The Morgan fingerprint density at radius 2 is 2.08 bits per heavy atom. The smallest absolute Gasteiger partial charge is 0.146 e. The van der Waals surface area contributed by atoms with Gasteiger partial charge in [0.05, 0.1) is 13.7 Å². The van der Waals surface area contributed by atoms with Gasteiger partial charge in [0, 0.05) is 6.61 Å². The fourth-order valence-electron chi connectivity index (χ4n) is 0.584. The van der Waals surface area contributed by atoms with Gasteiger partial charge in [-0.1, -0.05) is 11.7 Å². The molecule has 0 spiro atoms. The summed E-state index contributed by atoms with van der Waals surface area (Å²) in [5.74, 6) is 0.463. The van der Waals surface area contributed by atoms with Crippen LogP contribution in [0.2, 0.25) is 0 Å². The fraction of sp³-hybridized carbons (Fsp3) is 0.625. The lowest BCUT2D eigenvalue weighted by atomic mass is 10.3. The van der Waals surface area contributed by atoms with Gasteiger partial charge in [0.15, 0.2) is 0 Å². The predicted octanol–water partition coefficient (Wildman–Crippen LogP) is 1.19. The van der Waals surface area contributed by atoms with E-state index in [1.165, 1.54) is 14.2 Å². The van der Waals surface area contributed by atoms with Crippen LogP contribution in [0.25, 0.3) is 0 Å². The lowest BCUT2D eigenvalue weighted by molar-refractivity contribution is 0.170. The monoisotopic (exact) mass is 173 g/mol. The molecule has 0 saturated carbocycles. The molecule has 12 heavy (non-hydrogen) atoms. The van der Waals surface area contributed by atoms with Gasteiger partial charge in [-0.3, -0.25) is 0 Å². The maximum atomic E-state index is 5.12. The average Bonchev–Trinajstić information content (AvgIpc) is 2.11. The summed E-state index contributed by atoms with van der Waals surface area (Å²) in [6.45, 7) is 6.52. The van der Waals surface area contributed by atoms with Crippen molar-refractivity contribution in [1.82, 2.24) is 0 Å². The highest BCUT2D eigenvalue weighted by molar-refractivity contribution is 5.98. The zero-order valence-corrected chi connectivity index (χ0v) is 7.79. The van der Waals surface area contributed by atoms with Crippen LogP contribution in [0.1, 0.15) is 6.92 Å². The topological polar surface area (TPSA) is 40.0 Å². The number of ether oxygens (including phenoxy) is 2. The van der Waals surface area contributed by atoms with Gasteiger partial charge in [-0.15, -0.1) is 0 Å². The number of methoxy groups -OCH3 is 1. The van der Waals surface area contributed by atoms with Crippen molar-refractivity contribution < 1.29 is 14.3 Å². The van der Waals surface area contributed by atoms with Crippen molar-refractivity contribution in [3.05, 3.63) is 12.3 Å². The SMILES string of the molecule is C=C(OC)/C(COCC)=N\OC. The highest BCUT2D eigenvalue weighted by atomic mass is 16.6. The van der Waals surface area contributed by atoms with Gasteiger partial charge < -0.3 is 14.3 Å². The molecule has 0 aromatic carbocycles. The summed E-state index contributed by atoms with van der Waals surface area (Å²) in [4.78, 5) is 4.59. The molecule has 0 aliphatic carbocycles. The van der Waals surface area contributed by atoms with Crippen LogP contribution in [0.5, 0.6) is 0 Å². The van der Waals surface area contributed by atoms with Crippen LogP contribution >= 0.6 is 0 Å². The highest BCUT2D eigenvalue weighted by Gasteiger charge is 2.05. The van der Waals surface area contributed by atoms with E-state index in [1.54, 1.807) is 0 Å². The van der Waals surface area contributed by atoms with Crippen molar-refractivity contribution in [2.75, 3.05) is 27.4 Å². The number of rotatable bonds is 6. The molecule has 0 aromatic heterocycles. The van der Waals surface area contributed by atoms with Crippen LogP contribution in [0.3, 0.4) is 0 Å². The van der Waals surface area contributed by atoms with E-state index in [0.717, 1.165) is 0 Å². The zero-order chi connectivity index (χ0) is 9.40. The maximum absolute atomic E-state index is 5.12. The van der Waals surface area contributed by atoms with E-state index in [-0.39, 0.29) is 0 Å². The molecule has 0 atom stereocenters. The van der Waals surface area contributed by atoms with E-state index < -0.39 is 0 Å². The summed E-state index contributed by atoms with van der Waals surface area (Å²) in [5, 5.41) is 3.70. The van der Waals surface area contributed by atoms with E-state index in [2.05, 4.69) is 16.6 Å². The normalized spacial score (nSPS) is 11.1. The maximum Gasteiger partial charge on any atom is 0.146 e. The quantitative estimate of drug-likeness (QED) is 0.344. The largest absolute Gasteiger partial charge is 0.495 e. The van der Waals surface area contributed by atoms with Crippen LogP contribution in [0, 0.1) is 0 Å². The van der Waals surface area contributed by atoms with Gasteiger partial charge in [0.2, 0.25) is 0 Å². The third kappa shape index (κ3) is 3.98. The first-order valence-electron chi connectivity index (χ1n) is 3.67. The molecule has 0 aromatic rings. The Hall–Kier alpha value is -1.03. The number of oxime groups is 1. The van der Waals surface area contributed by atoms with Gasteiger partial charge in [0.1, 0.15) is 18.6 Å². The van der Waals surface area contributed by atoms with E-state index in [0.29, 0.717) is 24.7 Å². The lowest BCUT2D eigenvalue weighted by Crippen LogP contribution is -2.12. The Balaban J connectivity index is 4.04. The minimum Gasteiger partial charge on any atom is -0.495 e. The minimum atomic E-state index is 0.358. The third-order valence-corrected chi connectivity index (χ3v) is 1.21. The van der Waals surface area contributed by atoms with Crippen LogP contribution < -0.4 is 0 Å². The molecule has 0 amide bonds. The Bertz CT molecular complexity index is 166. The predicted molar refractivity (Wildman–Crippen MR) is 47.1 cm³/mol. The number of hydrogen-bond donors (Lipinski definition) is 0. The second-order valence-electron chi connectivity index (χ2n) is 1.98. The molecule has 0 unspecified atom stereocenters. The molecular formula is C8H15NO3. The minimum absolute atomic E-state index is 0.358. The molecular weight excluding hydrogens is 158 g/mol. The molecule has 70 valence electrons. The molecule has 0 aliphatic heterocycles. The zero-order valence-electron chi connectivity index (χ0n) is 7.79. The first-order chi connectivity index (χ1) is 5.76. The Labute approximate surface area is 72.8 Å². The standard InChI is InChI=1S/C8H15NO3/c1-5-12-6-8(9-11-4)7(2)10-3/h2,5-6H2,1,3-4H3/b9-8-. The van der Waals surface area contributed by atoms with Crippen molar-refractivity contribution >= 4 is 5.71 Å². The summed E-state index contributed by atoms with van der Waals surface area (Å²) in [6.07, 6.45) is 0. The van der Waals surface area contributed by atoms with Gasteiger partial charge >= 0.3 is 0 Å². The fourth-order valence-corrected chi connectivity index (χ4v) is 0.584. The molecule has 0 fully saturated rings. The van der Waals surface area contributed by atoms with Crippen molar-refractivity contribution in [3.8, 4) is 0 Å². The van der Waals surface area contributed by atoms with Crippen LogP contribution in [0.15, 0.2) is 17.5 Å². The highest BCUT2D eigenvalue weighted by Crippen LogP contribution is 1.97. The Kier molecular flexibility index (Phi) is 6.09.